The van der Waals surface area contributed by atoms with E-state index in [1.807, 2.05) is 78.9 Å². The highest BCUT2D eigenvalue weighted by molar-refractivity contribution is 9.10. The zero-order valence-corrected chi connectivity index (χ0v) is 18.3. The molecule has 0 saturated carbocycles. The molecule has 0 aromatic heterocycles. The molecule has 2 amide bonds. The standard InChI is InChI=1S/C25H21BrN2O2/c1-16(2)17-11-13-21(14-12-17)28-24(29)22(18-7-4-3-5-8-18)23(25(28)30)27-20-10-6-9-19(26)15-20/h3-16,27H,1-2H3. The number of hydrogen-bond donors (Lipinski definition) is 1. The fourth-order valence-electron chi connectivity index (χ4n) is 3.47. The highest BCUT2D eigenvalue weighted by atomic mass is 79.9. The van der Waals surface area contributed by atoms with Gasteiger partial charge in [0.1, 0.15) is 5.70 Å². The maximum absolute atomic E-state index is 13.4. The molecule has 1 aliphatic heterocycles. The number of carbonyl (C=O) groups is 2. The van der Waals surface area contributed by atoms with Crippen molar-refractivity contribution < 1.29 is 9.59 Å². The van der Waals surface area contributed by atoms with Crippen molar-refractivity contribution in [3.8, 4) is 0 Å². The van der Waals surface area contributed by atoms with Gasteiger partial charge in [-0.2, -0.15) is 0 Å². The minimum atomic E-state index is -0.365. The van der Waals surface area contributed by atoms with E-state index in [1.165, 1.54) is 4.90 Å². The van der Waals surface area contributed by atoms with Gasteiger partial charge in [0.15, 0.2) is 0 Å². The number of benzene rings is 3. The molecule has 5 heteroatoms. The molecule has 3 aromatic rings. The van der Waals surface area contributed by atoms with Crippen LogP contribution in [0.1, 0.15) is 30.9 Å². The van der Waals surface area contributed by atoms with Crippen LogP contribution >= 0.6 is 15.9 Å². The molecule has 0 bridgehead atoms. The van der Waals surface area contributed by atoms with Gasteiger partial charge in [-0.05, 0) is 47.4 Å². The van der Waals surface area contributed by atoms with Crippen molar-refractivity contribution in [1.82, 2.24) is 0 Å². The van der Waals surface area contributed by atoms with Gasteiger partial charge in [0.25, 0.3) is 11.8 Å². The van der Waals surface area contributed by atoms with Crippen LogP contribution in [0.2, 0.25) is 0 Å². The Hall–Kier alpha value is -3.18. The number of amides is 2. The molecule has 3 aromatic carbocycles. The number of hydrogen-bond acceptors (Lipinski definition) is 3. The van der Waals surface area contributed by atoms with Crippen molar-refractivity contribution in [1.29, 1.82) is 0 Å². The number of nitrogens with one attached hydrogen (secondary N) is 1. The summed E-state index contributed by atoms with van der Waals surface area (Å²) in [7, 11) is 0. The summed E-state index contributed by atoms with van der Waals surface area (Å²) in [5.41, 5.74) is 3.79. The number of anilines is 2. The van der Waals surface area contributed by atoms with Gasteiger partial charge in [-0.3, -0.25) is 9.59 Å². The second-order valence-electron chi connectivity index (χ2n) is 7.44. The third-order valence-corrected chi connectivity index (χ3v) is 5.55. The largest absolute Gasteiger partial charge is 0.350 e. The van der Waals surface area contributed by atoms with Gasteiger partial charge in [0.2, 0.25) is 0 Å². The summed E-state index contributed by atoms with van der Waals surface area (Å²) in [5.74, 6) is -0.326. The van der Waals surface area contributed by atoms with Crippen molar-refractivity contribution in [3.63, 3.8) is 0 Å². The topological polar surface area (TPSA) is 49.4 Å². The number of nitrogens with zero attached hydrogens (tertiary/aromatic N) is 1. The molecular formula is C25H21BrN2O2. The highest BCUT2D eigenvalue weighted by Crippen LogP contribution is 2.34. The van der Waals surface area contributed by atoms with Crippen LogP contribution < -0.4 is 10.2 Å². The minimum absolute atomic E-state index is 0.275. The minimum Gasteiger partial charge on any atom is -0.350 e. The van der Waals surface area contributed by atoms with Crippen LogP contribution in [0.25, 0.3) is 5.57 Å². The van der Waals surface area contributed by atoms with E-state index in [0.29, 0.717) is 22.7 Å². The summed E-state index contributed by atoms with van der Waals surface area (Å²) in [6.07, 6.45) is 0. The quantitative estimate of drug-likeness (QED) is 0.477. The normalized spacial score (nSPS) is 14.1. The predicted octanol–water partition coefficient (Wildman–Crippen LogP) is 5.97. The maximum Gasteiger partial charge on any atom is 0.282 e. The summed E-state index contributed by atoms with van der Waals surface area (Å²) >= 11 is 3.45. The van der Waals surface area contributed by atoms with Crippen LogP contribution in [0.4, 0.5) is 11.4 Å². The Balaban J connectivity index is 1.77. The second-order valence-corrected chi connectivity index (χ2v) is 8.36. The molecule has 1 aliphatic rings. The molecule has 0 unspecified atom stereocenters. The summed E-state index contributed by atoms with van der Waals surface area (Å²) in [5, 5.41) is 3.18. The van der Waals surface area contributed by atoms with Gasteiger partial charge in [0.05, 0.1) is 11.3 Å². The van der Waals surface area contributed by atoms with Gasteiger partial charge in [-0.25, -0.2) is 4.90 Å². The first-order valence-corrected chi connectivity index (χ1v) is 10.6. The molecule has 0 atom stereocenters. The monoisotopic (exact) mass is 460 g/mol. The number of halogens is 1. The summed E-state index contributed by atoms with van der Waals surface area (Å²) in [6.45, 7) is 4.21. The SMILES string of the molecule is CC(C)c1ccc(N2C(=O)C(Nc3cccc(Br)c3)=C(c3ccccc3)C2=O)cc1. The van der Waals surface area contributed by atoms with E-state index in [4.69, 9.17) is 0 Å². The molecule has 0 saturated heterocycles. The molecule has 1 heterocycles. The van der Waals surface area contributed by atoms with Crippen LogP contribution in [0.15, 0.2) is 89.0 Å². The fraction of sp³-hybridized carbons (Fsp3) is 0.120. The molecule has 0 fully saturated rings. The van der Waals surface area contributed by atoms with Crippen LogP contribution in [0, 0.1) is 0 Å². The van der Waals surface area contributed by atoms with Crippen LogP contribution in [0.3, 0.4) is 0 Å². The third-order valence-electron chi connectivity index (χ3n) is 5.06. The van der Waals surface area contributed by atoms with Gasteiger partial charge >= 0.3 is 0 Å². The number of carbonyl (C=O) groups excluding carboxylic acids is 2. The molecule has 0 aliphatic carbocycles. The molecule has 4 nitrogen and oxygen atoms in total. The van der Waals surface area contributed by atoms with Gasteiger partial charge in [-0.1, -0.05) is 78.3 Å². The Morgan fingerprint density at radius 3 is 2.17 bits per heavy atom. The number of rotatable bonds is 5. The summed E-state index contributed by atoms with van der Waals surface area (Å²) in [6, 6.07) is 24.4. The lowest BCUT2D eigenvalue weighted by molar-refractivity contribution is -0.120. The molecular weight excluding hydrogens is 440 g/mol. The van der Waals surface area contributed by atoms with Crippen LogP contribution in [-0.2, 0) is 9.59 Å². The smallest absolute Gasteiger partial charge is 0.282 e. The lowest BCUT2D eigenvalue weighted by atomic mass is 10.0. The van der Waals surface area contributed by atoms with Crippen LogP contribution in [-0.4, -0.2) is 11.8 Å². The Morgan fingerprint density at radius 1 is 0.833 bits per heavy atom. The van der Waals surface area contributed by atoms with E-state index < -0.39 is 0 Å². The van der Waals surface area contributed by atoms with Crippen LogP contribution in [0.5, 0.6) is 0 Å². The van der Waals surface area contributed by atoms with Crippen molar-refractivity contribution >= 4 is 44.7 Å². The Kier molecular flexibility index (Phi) is 5.55. The van der Waals surface area contributed by atoms with Crippen molar-refractivity contribution in [2.24, 2.45) is 0 Å². The lowest BCUT2D eigenvalue weighted by Gasteiger charge is -2.16. The van der Waals surface area contributed by atoms with E-state index in [0.717, 1.165) is 15.7 Å². The summed E-state index contributed by atoms with van der Waals surface area (Å²) in [4.78, 5) is 28.0. The van der Waals surface area contributed by atoms with Gasteiger partial charge in [-0.15, -0.1) is 0 Å². The third kappa shape index (κ3) is 3.81. The lowest BCUT2D eigenvalue weighted by Crippen LogP contribution is -2.32. The molecule has 0 radical (unpaired) electrons. The van der Waals surface area contributed by atoms with E-state index in [9.17, 15) is 9.59 Å². The van der Waals surface area contributed by atoms with E-state index in [1.54, 1.807) is 0 Å². The fourth-order valence-corrected chi connectivity index (χ4v) is 3.87. The molecule has 4 rings (SSSR count). The molecule has 30 heavy (non-hydrogen) atoms. The Bertz CT molecular complexity index is 1140. The zero-order valence-electron chi connectivity index (χ0n) is 16.7. The maximum atomic E-state index is 13.4. The average molecular weight is 461 g/mol. The molecule has 1 N–H and O–H groups in total. The number of imide groups is 1. The molecule has 0 spiro atoms. The predicted molar refractivity (Wildman–Crippen MR) is 124 cm³/mol. The Morgan fingerprint density at radius 2 is 1.53 bits per heavy atom. The van der Waals surface area contributed by atoms with E-state index >= 15 is 0 Å². The first kappa shape index (κ1) is 20.1. The second kappa shape index (κ2) is 8.28. The first-order valence-electron chi connectivity index (χ1n) is 9.76. The highest BCUT2D eigenvalue weighted by Gasteiger charge is 2.40. The first-order chi connectivity index (χ1) is 14.5. The molecule has 150 valence electrons. The van der Waals surface area contributed by atoms with Crippen molar-refractivity contribution in [3.05, 3.63) is 100 Å². The van der Waals surface area contributed by atoms with Gasteiger partial charge < -0.3 is 5.32 Å². The van der Waals surface area contributed by atoms with Gasteiger partial charge in [0, 0.05) is 10.2 Å². The van der Waals surface area contributed by atoms with Crippen molar-refractivity contribution in [2.45, 2.75) is 19.8 Å². The van der Waals surface area contributed by atoms with E-state index in [2.05, 4.69) is 35.1 Å². The van der Waals surface area contributed by atoms with E-state index in [-0.39, 0.29) is 17.5 Å². The summed E-state index contributed by atoms with van der Waals surface area (Å²) < 4.78 is 0.882. The Labute approximate surface area is 184 Å². The zero-order chi connectivity index (χ0) is 21.3. The average Bonchev–Trinajstić information content (AvgIpc) is 2.98. The van der Waals surface area contributed by atoms with Crippen molar-refractivity contribution in [2.75, 3.05) is 10.2 Å².